The molecule has 0 unspecified atom stereocenters. The van der Waals surface area contributed by atoms with Crippen LogP contribution in [0.2, 0.25) is 5.02 Å². The Bertz CT molecular complexity index is 1090. The Morgan fingerprint density at radius 3 is 2.81 bits per heavy atom. The molecule has 0 fully saturated rings. The average Bonchev–Trinajstić information content (AvgIpc) is 3.00. The van der Waals surface area contributed by atoms with Crippen molar-refractivity contribution in [2.75, 3.05) is 6.54 Å². The van der Waals surface area contributed by atoms with Gasteiger partial charge < -0.3 is 10.7 Å². The molecule has 0 aliphatic heterocycles. The molecule has 0 saturated heterocycles. The number of fused-ring (bicyclic) bond motifs is 2. The molecule has 2 aromatic heterocycles. The quantitative estimate of drug-likeness (QED) is 0.378. The van der Waals surface area contributed by atoms with E-state index in [1.165, 1.54) is 10.9 Å². The topological polar surface area (TPSA) is 54.7 Å². The van der Waals surface area contributed by atoms with Crippen LogP contribution in [0.5, 0.6) is 0 Å². The number of hydrogen-bond acceptors (Lipinski definition) is 2. The number of hydrogen-bond donors (Lipinski definition) is 2. The van der Waals surface area contributed by atoms with Crippen molar-refractivity contribution in [3.8, 4) is 11.3 Å². The molecule has 0 bridgehead atoms. The Labute approximate surface area is 165 Å². The van der Waals surface area contributed by atoms with Gasteiger partial charge in [-0.1, -0.05) is 33.6 Å². The summed E-state index contributed by atoms with van der Waals surface area (Å²) in [6.45, 7) is 0.710. The molecule has 0 aliphatic rings. The summed E-state index contributed by atoms with van der Waals surface area (Å²) >= 11 is 9.91. The molecule has 4 rings (SSSR count). The Morgan fingerprint density at radius 2 is 1.96 bits per heavy atom. The van der Waals surface area contributed by atoms with E-state index in [4.69, 9.17) is 17.3 Å². The Hall–Kier alpha value is -1.88. The molecule has 2 heterocycles. The highest BCUT2D eigenvalue weighted by Crippen LogP contribution is 2.37. The van der Waals surface area contributed by atoms with Crippen molar-refractivity contribution in [1.82, 2.24) is 9.97 Å². The number of benzene rings is 2. The summed E-state index contributed by atoms with van der Waals surface area (Å²) in [5.74, 6) is 0. The molecule has 3 nitrogen and oxygen atoms in total. The first-order valence-electron chi connectivity index (χ1n) is 8.73. The van der Waals surface area contributed by atoms with Crippen molar-refractivity contribution in [3.05, 3.63) is 63.7 Å². The van der Waals surface area contributed by atoms with Crippen LogP contribution in [0.25, 0.3) is 33.1 Å². The summed E-state index contributed by atoms with van der Waals surface area (Å²) in [6.07, 6.45) is 4.85. The molecule has 132 valence electrons. The molecule has 0 aliphatic carbocycles. The third-order valence-corrected chi connectivity index (χ3v) is 5.66. The zero-order valence-electron chi connectivity index (χ0n) is 14.2. The van der Waals surface area contributed by atoms with Gasteiger partial charge in [0.2, 0.25) is 0 Å². The number of halogens is 2. The van der Waals surface area contributed by atoms with E-state index in [2.05, 4.69) is 44.1 Å². The van der Waals surface area contributed by atoms with Crippen LogP contribution in [0.4, 0.5) is 0 Å². The van der Waals surface area contributed by atoms with Crippen molar-refractivity contribution < 1.29 is 0 Å². The lowest BCUT2D eigenvalue weighted by molar-refractivity contribution is 0.748. The lowest BCUT2D eigenvalue weighted by Crippen LogP contribution is -1.99. The Kier molecular flexibility index (Phi) is 4.98. The third-order valence-electron chi connectivity index (χ3n) is 4.73. The third kappa shape index (κ3) is 3.13. The number of aryl methyl sites for hydroxylation is 1. The molecule has 0 saturated carbocycles. The highest BCUT2D eigenvalue weighted by molar-refractivity contribution is 9.10. The van der Waals surface area contributed by atoms with E-state index in [1.54, 1.807) is 0 Å². The summed E-state index contributed by atoms with van der Waals surface area (Å²) in [4.78, 5) is 8.25. The fraction of sp³-hybridized carbons (Fsp3) is 0.190. The predicted molar refractivity (Wildman–Crippen MR) is 114 cm³/mol. The summed E-state index contributed by atoms with van der Waals surface area (Å²) in [7, 11) is 0. The number of rotatable bonds is 5. The smallest absolute Gasteiger partial charge is 0.0806 e. The van der Waals surface area contributed by atoms with Crippen LogP contribution in [0.3, 0.4) is 0 Å². The fourth-order valence-corrected chi connectivity index (χ4v) is 4.12. The second-order valence-corrected chi connectivity index (χ2v) is 7.70. The van der Waals surface area contributed by atoms with Gasteiger partial charge in [-0.2, -0.15) is 0 Å². The molecule has 26 heavy (non-hydrogen) atoms. The number of pyridine rings is 1. The lowest BCUT2D eigenvalue weighted by atomic mass is 9.98. The van der Waals surface area contributed by atoms with Gasteiger partial charge in [-0.3, -0.25) is 4.98 Å². The van der Waals surface area contributed by atoms with Crippen molar-refractivity contribution in [2.24, 2.45) is 5.73 Å². The van der Waals surface area contributed by atoms with Crippen LogP contribution in [-0.4, -0.2) is 16.5 Å². The van der Waals surface area contributed by atoms with Gasteiger partial charge in [0.05, 0.1) is 11.2 Å². The van der Waals surface area contributed by atoms with Crippen LogP contribution in [0.1, 0.15) is 18.4 Å². The van der Waals surface area contributed by atoms with Crippen LogP contribution >= 0.6 is 27.5 Å². The predicted octanol–water partition coefficient (Wildman–Crippen LogP) is 6.08. The van der Waals surface area contributed by atoms with E-state index in [-0.39, 0.29) is 0 Å². The van der Waals surface area contributed by atoms with Crippen molar-refractivity contribution in [2.45, 2.75) is 19.3 Å². The SMILES string of the molecule is NCCCCc1c(-c2ccc(Br)c3cccnc23)[nH]c2ccc(Cl)cc12. The number of nitrogens with zero attached hydrogens (tertiary/aromatic N) is 1. The maximum absolute atomic E-state index is 6.27. The molecule has 0 spiro atoms. The molecule has 4 aromatic rings. The van der Waals surface area contributed by atoms with E-state index in [9.17, 15) is 0 Å². The van der Waals surface area contributed by atoms with Crippen LogP contribution < -0.4 is 5.73 Å². The van der Waals surface area contributed by atoms with Gasteiger partial charge >= 0.3 is 0 Å². The zero-order valence-corrected chi connectivity index (χ0v) is 16.6. The van der Waals surface area contributed by atoms with Gasteiger partial charge in [0.15, 0.2) is 0 Å². The van der Waals surface area contributed by atoms with Crippen LogP contribution in [0.15, 0.2) is 53.1 Å². The maximum Gasteiger partial charge on any atom is 0.0806 e. The number of aromatic amines is 1. The minimum Gasteiger partial charge on any atom is -0.354 e. The minimum absolute atomic E-state index is 0.710. The first-order valence-corrected chi connectivity index (χ1v) is 9.90. The van der Waals surface area contributed by atoms with E-state index in [0.29, 0.717) is 6.54 Å². The molecule has 0 amide bonds. The fourth-order valence-electron chi connectivity index (χ4n) is 3.50. The standard InChI is InChI=1S/C21H19BrClN3/c22-18-8-7-16(20-15(18)5-3-11-25-20)21-14(4-1-2-10-24)17-12-13(23)6-9-19(17)26-21/h3,5-9,11-12,26H,1-2,4,10,24H2. The summed E-state index contributed by atoms with van der Waals surface area (Å²) < 4.78 is 1.05. The molecule has 0 radical (unpaired) electrons. The molecule has 2 aromatic carbocycles. The molecule has 5 heteroatoms. The summed E-state index contributed by atoms with van der Waals surface area (Å²) in [5, 5.41) is 3.04. The lowest BCUT2D eigenvalue weighted by Gasteiger charge is -2.09. The summed E-state index contributed by atoms with van der Waals surface area (Å²) in [6, 6.07) is 14.3. The number of nitrogens with one attached hydrogen (secondary N) is 1. The van der Waals surface area contributed by atoms with E-state index in [1.807, 2.05) is 30.5 Å². The van der Waals surface area contributed by atoms with Gasteiger partial charge in [0.1, 0.15) is 0 Å². The summed E-state index contributed by atoms with van der Waals surface area (Å²) in [5.41, 5.74) is 11.3. The van der Waals surface area contributed by atoms with Crippen molar-refractivity contribution in [1.29, 1.82) is 0 Å². The van der Waals surface area contributed by atoms with Gasteiger partial charge in [0, 0.05) is 37.5 Å². The number of H-pyrrole nitrogens is 1. The monoisotopic (exact) mass is 427 g/mol. The molecule has 3 N–H and O–H groups in total. The highest BCUT2D eigenvalue weighted by atomic mass is 79.9. The normalized spacial score (nSPS) is 11.5. The number of nitrogens with two attached hydrogens (primary N) is 1. The van der Waals surface area contributed by atoms with Gasteiger partial charge in [0.25, 0.3) is 0 Å². The van der Waals surface area contributed by atoms with Gasteiger partial charge in [-0.25, -0.2) is 0 Å². The Morgan fingerprint density at radius 1 is 1.08 bits per heavy atom. The number of aromatic nitrogens is 2. The first-order chi connectivity index (χ1) is 12.7. The number of unbranched alkanes of at least 4 members (excludes halogenated alkanes) is 1. The second-order valence-electron chi connectivity index (χ2n) is 6.41. The van der Waals surface area contributed by atoms with E-state index in [0.717, 1.165) is 56.4 Å². The molecular formula is C21H19BrClN3. The molecule has 0 atom stereocenters. The second kappa shape index (κ2) is 7.39. The van der Waals surface area contributed by atoms with Crippen LogP contribution in [0, 0.1) is 0 Å². The highest BCUT2D eigenvalue weighted by Gasteiger charge is 2.16. The minimum atomic E-state index is 0.710. The largest absolute Gasteiger partial charge is 0.354 e. The van der Waals surface area contributed by atoms with Crippen LogP contribution in [-0.2, 0) is 6.42 Å². The van der Waals surface area contributed by atoms with Crippen molar-refractivity contribution in [3.63, 3.8) is 0 Å². The van der Waals surface area contributed by atoms with Crippen molar-refractivity contribution >= 4 is 49.3 Å². The van der Waals surface area contributed by atoms with E-state index >= 15 is 0 Å². The van der Waals surface area contributed by atoms with Gasteiger partial charge in [-0.05, 0) is 67.8 Å². The molecular weight excluding hydrogens is 410 g/mol. The van der Waals surface area contributed by atoms with E-state index < -0.39 is 0 Å². The van der Waals surface area contributed by atoms with Gasteiger partial charge in [-0.15, -0.1) is 0 Å². The maximum atomic E-state index is 6.27. The zero-order chi connectivity index (χ0) is 18.1. The first kappa shape index (κ1) is 17.5. The Balaban J connectivity index is 1.96. The average molecular weight is 429 g/mol.